The number of anilines is 1. The largest absolute Gasteiger partial charge is 0.508 e. The normalized spacial score (nSPS) is 21.0. The van der Waals surface area contributed by atoms with Crippen LogP contribution < -0.4 is 15.0 Å². The number of pyridine rings is 1. The van der Waals surface area contributed by atoms with Gasteiger partial charge in [0.2, 0.25) is 0 Å². The highest BCUT2D eigenvalue weighted by molar-refractivity contribution is 6.00. The predicted molar refractivity (Wildman–Crippen MR) is 134 cm³/mol. The number of nitrogens with one attached hydrogen (secondary N) is 1. The quantitative estimate of drug-likeness (QED) is 0.407. The average molecular weight is 521 g/mol. The van der Waals surface area contributed by atoms with E-state index in [4.69, 9.17) is 4.74 Å². The first-order valence-corrected chi connectivity index (χ1v) is 12.3. The van der Waals surface area contributed by atoms with Gasteiger partial charge in [-0.05, 0) is 36.4 Å². The van der Waals surface area contributed by atoms with Gasteiger partial charge in [0.15, 0.2) is 17.5 Å². The molecular weight excluding hydrogens is 497 g/mol. The minimum atomic E-state index is -1.17. The lowest BCUT2D eigenvalue weighted by Crippen LogP contribution is -2.36. The summed E-state index contributed by atoms with van der Waals surface area (Å²) in [4.78, 5) is 15.0. The summed E-state index contributed by atoms with van der Waals surface area (Å²) in [5, 5.41) is 23.5. The molecule has 2 aromatic carbocycles. The highest BCUT2D eigenvalue weighted by Crippen LogP contribution is 2.39. The van der Waals surface area contributed by atoms with Crippen molar-refractivity contribution in [3.8, 4) is 29.1 Å². The first kappa shape index (κ1) is 24.2. The second-order valence-corrected chi connectivity index (χ2v) is 9.74. The Balaban J connectivity index is 1.54. The SMILES string of the molecule is COc1nc(N2CC3CCC(N3)C(CC#N)C2)c2cnc(-c3cc(O)cc4ccc(F)c(F)c34)c(F)c2n1. The number of phenols is 1. The first-order valence-electron chi connectivity index (χ1n) is 12.3. The molecule has 3 unspecified atom stereocenters. The number of nitriles is 1. The number of methoxy groups -OCH3 is 1. The minimum absolute atomic E-state index is 0.0529. The molecule has 38 heavy (non-hydrogen) atoms. The van der Waals surface area contributed by atoms with Gasteiger partial charge in [-0.2, -0.15) is 15.2 Å². The third-order valence-electron chi connectivity index (χ3n) is 7.47. The molecule has 194 valence electrons. The topological polar surface area (TPSA) is 107 Å². The van der Waals surface area contributed by atoms with Crippen LogP contribution in [0, 0.1) is 34.7 Å². The molecule has 2 aliphatic rings. The summed E-state index contributed by atoms with van der Waals surface area (Å²) < 4.78 is 50.4. The molecule has 2 aliphatic heterocycles. The zero-order chi connectivity index (χ0) is 26.6. The Labute approximate surface area is 215 Å². The molecule has 2 bridgehead atoms. The lowest BCUT2D eigenvalue weighted by molar-refractivity contribution is 0.380. The van der Waals surface area contributed by atoms with E-state index >= 15 is 4.39 Å². The molecule has 11 heteroatoms. The summed E-state index contributed by atoms with van der Waals surface area (Å²) in [6, 6.07) is 7.26. The van der Waals surface area contributed by atoms with Gasteiger partial charge in [0.05, 0.1) is 18.6 Å². The van der Waals surface area contributed by atoms with Crippen LogP contribution in [0.15, 0.2) is 30.5 Å². The van der Waals surface area contributed by atoms with Crippen LogP contribution in [-0.2, 0) is 0 Å². The third kappa shape index (κ3) is 3.92. The van der Waals surface area contributed by atoms with Crippen LogP contribution >= 0.6 is 0 Å². The van der Waals surface area contributed by atoms with E-state index in [2.05, 4.69) is 26.3 Å². The summed E-state index contributed by atoms with van der Waals surface area (Å²) >= 11 is 0. The van der Waals surface area contributed by atoms with Crippen molar-refractivity contribution in [2.75, 3.05) is 25.1 Å². The zero-order valence-corrected chi connectivity index (χ0v) is 20.4. The molecule has 8 nitrogen and oxygen atoms in total. The maximum Gasteiger partial charge on any atom is 0.318 e. The van der Waals surface area contributed by atoms with Gasteiger partial charge in [-0.1, -0.05) is 6.07 Å². The smallest absolute Gasteiger partial charge is 0.318 e. The van der Waals surface area contributed by atoms with Crippen LogP contribution in [0.4, 0.5) is 19.0 Å². The zero-order valence-electron chi connectivity index (χ0n) is 20.4. The van der Waals surface area contributed by atoms with Gasteiger partial charge in [-0.3, -0.25) is 4.98 Å². The predicted octanol–water partition coefficient (Wildman–Crippen LogP) is 4.45. The molecule has 0 spiro atoms. The van der Waals surface area contributed by atoms with E-state index < -0.39 is 17.5 Å². The van der Waals surface area contributed by atoms with Crippen LogP contribution in [0.3, 0.4) is 0 Å². The molecule has 4 aromatic rings. The van der Waals surface area contributed by atoms with E-state index in [9.17, 15) is 19.1 Å². The molecule has 2 N–H and O–H groups in total. The molecule has 0 amide bonds. The maximum absolute atomic E-state index is 16.2. The van der Waals surface area contributed by atoms with Crippen LogP contribution in [0.25, 0.3) is 32.9 Å². The van der Waals surface area contributed by atoms with Crippen molar-refractivity contribution in [1.82, 2.24) is 20.3 Å². The molecule has 6 rings (SSSR count). The molecule has 0 saturated carbocycles. The number of fused-ring (bicyclic) bond motifs is 4. The minimum Gasteiger partial charge on any atom is -0.508 e. The highest BCUT2D eigenvalue weighted by Gasteiger charge is 2.37. The first-order chi connectivity index (χ1) is 18.4. The second kappa shape index (κ2) is 9.29. The Morgan fingerprint density at radius 2 is 2.00 bits per heavy atom. The van der Waals surface area contributed by atoms with Crippen LogP contribution in [0.1, 0.15) is 19.3 Å². The van der Waals surface area contributed by atoms with Gasteiger partial charge in [0, 0.05) is 54.7 Å². The number of hydrogen-bond donors (Lipinski definition) is 2. The molecule has 2 aromatic heterocycles. The van der Waals surface area contributed by atoms with Gasteiger partial charge >= 0.3 is 6.01 Å². The Morgan fingerprint density at radius 3 is 2.79 bits per heavy atom. The van der Waals surface area contributed by atoms with Gasteiger partial charge in [-0.25, -0.2) is 13.2 Å². The lowest BCUT2D eigenvalue weighted by atomic mass is 9.93. The summed E-state index contributed by atoms with van der Waals surface area (Å²) in [5.74, 6) is -2.94. The van der Waals surface area contributed by atoms with E-state index in [0.29, 0.717) is 30.7 Å². The summed E-state index contributed by atoms with van der Waals surface area (Å²) in [6.07, 6.45) is 3.70. The van der Waals surface area contributed by atoms with Crippen molar-refractivity contribution < 1.29 is 23.0 Å². The third-order valence-corrected chi connectivity index (χ3v) is 7.47. The van der Waals surface area contributed by atoms with Crippen LogP contribution in [-0.4, -0.2) is 52.3 Å². The molecule has 4 heterocycles. The molecular formula is C27H23F3N6O2. The molecule has 2 fully saturated rings. The number of ether oxygens (including phenoxy) is 1. The van der Waals surface area contributed by atoms with Gasteiger partial charge in [0.25, 0.3) is 0 Å². The fourth-order valence-electron chi connectivity index (χ4n) is 5.72. The molecule has 0 aliphatic carbocycles. The van der Waals surface area contributed by atoms with E-state index in [1.165, 1.54) is 25.4 Å². The van der Waals surface area contributed by atoms with Gasteiger partial charge < -0.3 is 20.1 Å². The number of hydrogen-bond acceptors (Lipinski definition) is 8. The van der Waals surface area contributed by atoms with Crippen molar-refractivity contribution in [2.45, 2.75) is 31.3 Å². The molecule has 0 radical (unpaired) electrons. The lowest BCUT2D eigenvalue weighted by Gasteiger charge is -2.29. The summed E-state index contributed by atoms with van der Waals surface area (Å²) in [5.41, 5.74) is -0.515. The van der Waals surface area contributed by atoms with E-state index in [1.807, 2.05) is 4.90 Å². The summed E-state index contributed by atoms with van der Waals surface area (Å²) in [6.45, 7) is 1.13. The summed E-state index contributed by atoms with van der Waals surface area (Å²) in [7, 11) is 1.37. The Morgan fingerprint density at radius 1 is 1.16 bits per heavy atom. The van der Waals surface area contributed by atoms with Crippen LogP contribution in [0.2, 0.25) is 0 Å². The standard InChI is InChI=1S/C27H23F3N6O2/c1-38-27-34-25-18(26(35-27)36-11-14(6-7-31)20-5-3-15(12-36)33-20)10-32-24(23(25)30)17-9-16(37)8-13-2-4-19(28)22(29)21(13)17/h2,4,8-10,14-15,20,33,37H,3,5-6,11-12H2,1H3. The Kier molecular flexibility index (Phi) is 5.91. The van der Waals surface area contributed by atoms with E-state index in [-0.39, 0.29) is 57.3 Å². The molecule has 3 atom stereocenters. The van der Waals surface area contributed by atoms with E-state index in [1.54, 1.807) is 0 Å². The Hall–Kier alpha value is -4.17. The number of aromatic nitrogens is 3. The van der Waals surface area contributed by atoms with Crippen LogP contribution in [0.5, 0.6) is 11.8 Å². The number of rotatable bonds is 4. The van der Waals surface area contributed by atoms with Crippen molar-refractivity contribution in [1.29, 1.82) is 5.26 Å². The van der Waals surface area contributed by atoms with Gasteiger partial charge in [0.1, 0.15) is 22.8 Å². The number of phenolic OH excluding ortho intramolecular Hbond substituents is 1. The number of nitrogens with zero attached hydrogens (tertiary/aromatic N) is 5. The van der Waals surface area contributed by atoms with E-state index in [0.717, 1.165) is 25.0 Å². The fourth-order valence-corrected chi connectivity index (χ4v) is 5.72. The highest BCUT2D eigenvalue weighted by atomic mass is 19.2. The van der Waals surface area contributed by atoms with Crippen molar-refractivity contribution in [3.63, 3.8) is 0 Å². The van der Waals surface area contributed by atoms with Crippen molar-refractivity contribution >= 4 is 27.5 Å². The number of halogens is 3. The average Bonchev–Trinajstić information content (AvgIpc) is 3.30. The number of aromatic hydroxyl groups is 1. The maximum atomic E-state index is 16.2. The van der Waals surface area contributed by atoms with Crippen molar-refractivity contribution in [2.24, 2.45) is 5.92 Å². The number of benzene rings is 2. The monoisotopic (exact) mass is 520 g/mol. The molecule has 2 saturated heterocycles. The second-order valence-electron chi connectivity index (χ2n) is 9.74. The van der Waals surface area contributed by atoms with Gasteiger partial charge in [-0.15, -0.1) is 0 Å². The van der Waals surface area contributed by atoms with Crippen molar-refractivity contribution in [3.05, 3.63) is 47.9 Å². The fraction of sp³-hybridized carbons (Fsp3) is 0.333. The Bertz CT molecular complexity index is 1630.